The first-order chi connectivity index (χ1) is 10.2. The molecule has 0 bridgehead atoms. The van der Waals surface area contributed by atoms with Crippen molar-refractivity contribution in [2.75, 3.05) is 7.11 Å². The van der Waals surface area contributed by atoms with Gasteiger partial charge in [0.15, 0.2) is 0 Å². The Morgan fingerprint density at radius 3 is 2.41 bits per heavy atom. The highest BCUT2D eigenvalue weighted by atomic mass is 35.5. The number of methoxy groups -OCH3 is 1. The third-order valence-corrected chi connectivity index (χ3v) is 2.88. The summed E-state index contributed by atoms with van der Waals surface area (Å²) in [5, 5.41) is 2.55. The molecule has 7 heteroatoms. The number of halogens is 1. The van der Waals surface area contributed by atoms with Gasteiger partial charge in [0.05, 0.1) is 17.7 Å². The summed E-state index contributed by atoms with van der Waals surface area (Å²) in [5.41, 5.74) is -0.0717. The molecule has 1 aromatic rings. The van der Waals surface area contributed by atoms with E-state index in [2.05, 4.69) is 10.1 Å². The first-order valence-corrected chi connectivity index (χ1v) is 6.88. The van der Waals surface area contributed by atoms with Gasteiger partial charge in [-0.2, -0.15) is 0 Å². The van der Waals surface area contributed by atoms with Crippen molar-refractivity contribution in [2.24, 2.45) is 0 Å². The van der Waals surface area contributed by atoms with Crippen LogP contribution in [0.15, 0.2) is 18.2 Å². The molecule has 6 nitrogen and oxygen atoms in total. The number of carbonyl (C=O) groups excluding carboxylic acids is 3. The lowest BCUT2D eigenvalue weighted by Crippen LogP contribution is -2.35. The average molecular weight is 328 g/mol. The molecule has 1 N–H and O–H groups in total. The summed E-state index contributed by atoms with van der Waals surface area (Å²) in [5.74, 6) is -0.584. The maximum absolute atomic E-state index is 11.7. The van der Waals surface area contributed by atoms with Gasteiger partial charge in [-0.1, -0.05) is 17.7 Å². The quantitative estimate of drug-likeness (QED) is 0.679. The van der Waals surface area contributed by atoms with E-state index in [-0.39, 0.29) is 10.6 Å². The maximum atomic E-state index is 11.7. The van der Waals surface area contributed by atoms with Crippen LogP contribution < -0.4 is 5.32 Å². The normalized spacial score (nSPS) is 12.2. The molecule has 0 aliphatic rings. The highest BCUT2D eigenvalue weighted by Crippen LogP contribution is 2.22. The first kappa shape index (κ1) is 18.0. The van der Waals surface area contributed by atoms with Crippen LogP contribution in [0.25, 0.3) is 0 Å². The molecule has 0 aromatic heterocycles. The van der Waals surface area contributed by atoms with Gasteiger partial charge >= 0.3 is 12.1 Å². The summed E-state index contributed by atoms with van der Waals surface area (Å²) in [6.07, 6.45) is -0.175. The van der Waals surface area contributed by atoms with Crippen LogP contribution in [-0.4, -0.2) is 31.1 Å². The number of ether oxygens (including phenoxy) is 2. The van der Waals surface area contributed by atoms with E-state index in [1.165, 1.54) is 25.3 Å². The minimum absolute atomic E-state index is 0.127. The molecule has 22 heavy (non-hydrogen) atoms. The molecule has 0 aliphatic carbocycles. The molecule has 1 amide bonds. The Balaban J connectivity index is 2.92. The Morgan fingerprint density at radius 1 is 1.32 bits per heavy atom. The van der Waals surface area contributed by atoms with Gasteiger partial charge in [0.2, 0.25) is 0 Å². The molecule has 0 radical (unpaired) electrons. The molecule has 1 unspecified atom stereocenters. The van der Waals surface area contributed by atoms with Crippen molar-refractivity contribution in [1.29, 1.82) is 0 Å². The van der Waals surface area contributed by atoms with E-state index in [4.69, 9.17) is 16.3 Å². The van der Waals surface area contributed by atoms with Gasteiger partial charge in [0.1, 0.15) is 17.9 Å². The van der Waals surface area contributed by atoms with E-state index in [0.29, 0.717) is 11.8 Å². The number of carbonyl (C=O) groups is 3. The summed E-state index contributed by atoms with van der Waals surface area (Å²) in [4.78, 5) is 34.3. The Morgan fingerprint density at radius 2 is 1.95 bits per heavy atom. The van der Waals surface area contributed by atoms with Gasteiger partial charge in [0, 0.05) is 0 Å². The van der Waals surface area contributed by atoms with Crippen LogP contribution in [0.2, 0.25) is 5.02 Å². The van der Waals surface area contributed by atoms with Crippen LogP contribution in [0, 0.1) is 0 Å². The lowest BCUT2D eigenvalue weighted by Gasteiger charge is -2.21. The Bertz CT molecular complexity index is 580. The largest absolute Gasteiger partial charge is 0.465 e. The molecule has 0 spiro atoms. The fourth-order valence-electron chi connectivity index (χ4n) is 1.63. The van der Waals surface area contributed by atoms with E-state index < -0.39 is 23.7 Å². The van der Waals surface area contributed by atoms with Crippen LogP contribution in [0.3, 0.4) is 0 Å². The molecule has 0 fully saturated rings. The van der Waals surface area contributed by atoms with Crippen molar-refractivity contribution in [3.63, 3.8) is 0 Å². The monoisotopic (exact) mass is 327 g/mol. The zero-order valence-electron chi connectivity index (χ0n) is 12.8. The van der Waals surface area contributed by atoms with E-state index >= 15 is 0 Å². The van der Waals surface area contributed by atoms with Crippen LogP contribution in [-0.2, 0) is 14.3 Å². The molecular weight excluding hydrogens is 310 g/mol. The third-order valence-electron chi connectivity index (χ3n) is 2.57. The second kappa shape index (κ2) is 7.26. The Labute approximate surface area is 133 Å². The van der Waals surface area contributed by atoms with Gasteiger partial charge in [-0.05, 0) is 38.5 Å². The van der Waals surface area contributed by atoms with Gasteiger partial charge < -0.3 is 19.6 Å². The van der Waals surface area contributed by atoms with Gasteiger partial charge in [-0.3, -0.25) is 0 Å². The number of rotatable bonds is 4. The Hall–Kier alpha value is -2.08. The molecule has 1 atom stereocenters. The summed E-state index contributed by atoms with van der Waals surface area (Å²) in [7, 11) is 1.24. The molecule has 1 aromatic carbocycles. The minimum Gasteiger partial charge on any atom is -0.465 e. The number of aldehydes is 1. The van der Waals surface area contributed by atoms with Crippen molar-refractivity contribution in [3.8, 4) is 0 Å². The summed E-state index contributed by atoms with van der Waals surface area (Å²) < 4.78 is 9.67. The van der Waals surface area contributed by atoms with E-state index in [1.807, 2.05) is 0 Å². The molecule has 0 saturated heterocycles. The summed E-state index contributed by atoms with van der Waals surface area (Å²) >= 11 is 5.99. The third kappa shape index (κ3) is 5.04. The van der Waals surface area contributed by atoms with Gasteiger partial charge in [-0.25, -0.2) is 9.59 Å². The fraction of sp³-hybridized carbons (Fsp3) is 0.400. The minimum atomic E-state index is -0.931. The standard InChI is InChI=1S/C15H18ClNO5/c1-15(2,3)22-14(20)17-12(8-18)9-5-6-10(11(16)7-9)13(19)21-4/h5-8,12H,1-4H3,(H,17,20). The summed E-state index contributed by atoms with van der Waals surface area (Å²) in [6, 6.07) is 3.43. The number of hydrogen-bond acceptors (Lipinski definition) is 5. The van der Waals surface area contributed by atoms with Crippen LogP contribution in [0.1, 0.15) is 42.7 Å². The number of benzene rings is 1. The molecular formula is C15H18ClNO5. The number of nitrogens with one attached hydrogen (secondary N) is 1. The number of alkyl carbamates (subject to hydrolysis) is 1. The fourth-order valence-corrected chi connectivity index (χ4v) is 1.90. The molecule has 1 rings (SSSR count). The lowest BCUT2D eigenvalue weighted by atomic mass is 10.1. The predicted molar refractivity (Wildman–Crippen MR) is 81.0 cm³/mol. The predicted octanol–water partition coefficient (Wildman–Crippen LogP) is 2.89. The van der Waals surface area contributed by atoms with Crippen molar-refractivity contribution in [1.82, 2.24) is 5.32 Å². The molecule has 120 valence electrons. The molecule has 0 saturated carbocycles. The SMILES string of the molecule is COC(=O)c1ccc(C(C=O)NC(=O)OC(C)(C)C)cc1Cl. The van der Waals surface area contributed by atoms with Crippen LogP contribution >= 0.6 is 11.6 Å². The van der Waals surface area contributed by atoms with Gasteiger partial charge in [-0.15, -0.1) is 0 Å². The highest BCUT2D eigenvalue weighted by Gasteiger charge is 2.21. The van der Waals surface area contributed by atoms with E-state index in [0.717, 1.165) is 0 Å². The topological polar surface area (TPSA) is 81.7 Å². The van der Waals surface area contributed by atoms with Crippen molar-refractivity contribution < 1.29 is 23.9 Å². The maximum Gasteiger partial charge on any atom is 0.408 e. The lowest BCUT2D eigenvalue weighted by molar-refractivity contribution is -0.109. The van der Waals surface area contributed by atoms with Crippen LogP contribution in [0.5, 0.6) is 0 Å². The van der Waals surface area contributed by atoms with Crippen molar-refractivity contribution in [2.45, 2.75) is 32.4 Å². The number of esters is 1. The van der Waals surface area contributed by atoms with E-state index in [9.17, 15) is 14.4 Å². The second-order valence-corrected chi connectivity index (χ2v) is 5.90. The van der Waals surface area contributed by atoms with Crippen molar-refractivity contribution >= 4 is 29.9 Å². The highest BCUT2D eigenvalue weighted by molar-refractivity contribution is 6.33. The molecule has 0 aliphatic heterocycles. The number of amides is 1. The molecule has 0 heterocycles. The van der Waals surface area contributed by atoms with Gasteiger partial charge in [0.25, 0.3) is 0 Å². The van der Waals surface area contributed by atoms with E-state index in [1.54, 1.807) is 20.8 Å². The first-order valence-electron chi connectivity index (χ1n) is 6.50. The second-order valence-electron chi connectivity index (χ2n) is 5.49. The smallest absolute Gasteiger partial charge is 0.408 e. The number of hydrogen-bond donors (Lipinski definition) is 1. The van der Waals surface area contributed by atoms with Crippen molar-refractivity contribution in [3.05, 3.63) is 34.3 Å². The average Bonchev–Trinajstić information content (AvgIpc) is 2.41. The van der Waals surface area contributed by atoms with Crippen LogP contribution in [0.4, 0.5) is 4.79 Å². The Kier molecular flexibility index (Phi) is 5.93. The zero-order valence-corrected chi connectivity index (χ0v) is 13.6. The zero-order chi connectivity index (χ0) is 16.9. The summed E-state index contributed by atoms with van der Waals surface area (Å²) in [6.45, 7) is 5.14.